The predicted octanol–water partition coefficient (Wildman–Crippen LogP) is 0.828. The molecule has 0 atom stereocenters. The molecule has 0 saturated heterocycles. The summed E-state index contributed by atoms with van der Waals surface area (Å²) in [4.78, 5) is 3.82. The molecule has 0 aromatic carbocycles. The molecule has 0 saturated carbocycles. The summed E-state index contributed by atoms with van der Waals surface area (Å²) in [6.45, 7) is 2.36. The molecule has 3 heteroatoms. The lowest BCUT2D eigenvalue weighted by molar-refractivity contribution is 1.05. The molecule has 6 heavy (non-hydrogen) atoms. The van der Waals surface area contributed by atoms with E-state index in [9.17, 15) is 0 Å². The maximum Gasteiger partial charge on any atom is 0.152 e. The summed E-state index contributed by atoms with van der Waals surface area (Å²) in [5.74, 6) is 0.787. The molecular weight excluding hydrogens is 78.1 g/mol. The van der Waals surface area contributed by atoms with Gasteiger partial charge in [0.05, 0.1) is 0 Å². The fraction of sp³-hybridized carbons (Fsp3) is 0.667. The van der Waals surface area contributed by atoms with Crippen LogP contribution < -0.4 is 0 Å². The average Bonchev–Trinajstić information content (AvgIpc) is 1.86. The summed E-state index contributed by atoms with van der Waals surface area (Å²) in [5.41, 5.74) is 0. The average molecular weight is 83.1 g/mol. The molecule has 3 nitrogen and oxygen atoms in total. The molecule has 0 N–H and O–H groups in total. The molecule has 0 radical (unpaired) electrons. The Morgan fingerprint density at radius 2 is 2.50 bits per heavy atom. The van der Waals surface area contributed by atoms with Crippen LogP contribution in [0.5, 0.6) is 0 Å². The van der Waals surface area contributed by atoms with E-state index in [1.54, 1.807) is 0 Å². The van der Waals surface area contributed by atoms with E-state index in [0.717, 1.165) is 5.84 Å². The fourth-order valence-corrected chi connectivity index (χ4v) is 0.300. The molecule has 0 bridgehead atoms. The monoisotopic (exact) mass is 83.0 g/mol. The van der Waals surface area contributed by atoms with Crippen molar-refractivity contribution >= 4 is 5.84 Å². The summed E-state index contributed by atoms with van der Waals surface area (Å²) >= 11 is 0. The van der Waals surface area contributed by atoms with Gasteiger partial charge >= 0.3 is 0 Å². The molecule has 0 aliphatic carbocycles. The standard InChI is InChI=1S/C3H5N3/c1-3-4-2-5-6-3/h2H2,1H3. The maximum atomic E-state index is 3.82. The zero-order chi connectivity index (χ0) is 4.41. The van der Waals surface area contributed by atoms with Gasteiger partial charge in [0, 0.05) is 0 Å². The molecule has 1 aliphatic rings. The van der Waals surface area contributed by atoms with Crippen LogP contribution in [0.3, 0.4) is 0 Å². The molecular formula is C3H5N3. The number of nitrogens with zero attached hydrogens (tertiary/aromatic N) is 3. The van der Waals surface area contributed by atoms with E-state index in [0.29, 0.717) is 6.67 Å². The van der Waals surface area contributed by atoms with Crippen LogP contribution in [0, 0.1) is 0 Å². The summed E-state index contributed by atoms with van der Waals surface area (Å²) < 4.78 is 0. The van der Waals surface area contributed by atoms with Gasteiger partial charge in [-0.25, -0.2) is 4.99 Å². The van der Waals surface area contributed by atoms with Gasteiger partial charge in [0.1, 0.15) is 5.84 Å². The van der Waals surface area contributed by atoms with Crippen LogP contribution in [0.1, 0.15) is 6.92 Å². The first-order chi connectivity index (χ1) is 2.89. The minimum Gasteiger partial charge on any atom is -0.243 e. The highest BCUT2D eigenvalue weighted by molar-refractivity contribution is 5.80. The third-order valence-electron chi connectivity index (χ3n) is 0.578. The number of aliphatic imine (C=N–C) groups is 1. The van der Waals surface area contributed by atoms with Crippen LogP contribution >= 0.6 is 0 Å². The van der Waals surface area contributed by atoms with Gasteiger partial charge in [-0.05, 0) is 6.92 Å². The Morgan fingerprint density at radius 1 is 1.67 bits per heavy atom. The Balaban J connectivity index is 2.68. The number of amidine groups is 1. The van der Waals surface area contributed by atoms with Crippen molar-refractivity contribution in [1.29, 1.82) is 0 Å². The Kier molecular flexibility index (Phi) is 0.670. The normalized spacial score (nSPS) is 18.5. The second-order valence-electron chi connectivity index (χ2n) is 1.09. The number of hydrogen-bond acceptors (Lipinski definition) is 3. The molecule has 0 aromatic rings. The highest BCUT2D eigenvalue weighted by atomic mass is 15.2. The molecule has 0 spiro atoms. The first-order valence-corrected chi connectivity index (χ1v) is 1.78. The lowest BCUT2D eigenvalue weighted by Gasteiger charge is -1.67. The minimum absolute atomic E-state index is 0.534. The first kappa shape index (κ1) is 3.46. The largest absolute Gasteiger partial charge is 0.243 e. The topological polar surface area (TPSA) is 37.1 Å². The zero-order valence-corrected chi connectivity index (χ0v) is 3.55. The lowest BCUT2D eigenvalue weighted by Crippen LogP contribution is -1.73. The second kappa shape index (κ2) is 1.16. The van der Waals surface area contributed by atoms with Crippen LogP contribution in [0.15, 0.2) is 15.2 Å². The van der Waals surface area contributed by atoms with Crippen LogP contribution in [0.4, 0.5) is 0 Å². The number of rotatable bonds is 0. The van der Waals surface area contributed by atoms with E-state index < -0.39 is 0 Å². The van der Waals surface area contributed by atoms with Crippen molar-refractivity contribution < 1.29 is 0 Å². The van der Waals surface area contributed by atoms with Gasteiger partial charge in [0.25, 0.3) is 0 Å². The van der Waals surface area contributed by atoms with Crippen molar-refractivity contribution in [3.63, 3.8) is 0 Å². The third-order valence-corrected chi connectivity index (χ3v) is 0.578. The number of azo groups is 1. The van der Waals surface area contributed by atoms with Crippen molar-refractivity contribution in [3.8, 4) is 0 Å². The molecule has 1 heterocycles. The Morgan fingerprint density at radius 3 is 2.67 bits per heavy atom. The van der Waals surface area contributed by atoms with E-state index >= 15 is 0 Å². The van der Waals surface area contributed by atoms with Crippen LogP contribution in [0.25, 0.3) is 0 Å². The quantitative estimate of drug-likeness (QED) is 0.416. The summed E-state index contributed by atoms with van der Waals surface area (Å²) in [6.07, 6.45) is 0. The van der Waals surface area contributed by atoms with Gasteiger partial charge in [-0.15, -0.1) is 5.11 Å². The highest BCUT2D eigenvalue weighted by Gasteiger charge is 1.88. The van der Waals surface area contributed by atoms with Gasteiger partial charge in [-0.2, -0.15) is 5.11 Å². The minimum atomic E-state index is 0.534. The Hall–Kier alpha value is -0.730. The van der Waals surface area contributed by atoms with Crippen LogP contribution in [-0.2, 0) is 0 Å². The Bertz CT molecular complexity index is 99.9. The molecule has 1 rings (SSSR count). The van der Waals surface area contributed by atoms with E-state index in [-0.39, 0.29) is 0 Å². The van der Waals surface area contributed by atoms with E-state index in [2.05, 4.69) is 15.2 Å². The van der Waals surface area contributed by atoms with Gasteiger partial charge < -0.3 is 0 Å². The van der Waals surface area contributed by atoms with E-state index in [1.165, 1.54) is 0 Å². The molecule has 1 aliphatic heterocycles. The SMILES string of the molecule is CC1=NCN=N1. The summed E-state index contributed by atoms with van der Waals surface area (Å²) in [5, 5.41) is 7.20. The first-order valence-electron chi connectivity index (χ1n) is 1.78. The molecule has 0 unspecified atom stereocenters. The van der Waals surface area contributed by atoms with Crippen molar-refractivity contribution in [2.24, 2.45) is 15.2 Å². The van der Waals surface area contributed by atoms with Crippen molar-refractivity contribution in [1.82, 2.24) is 0 Å². The van der Waals surface area contributed by atoms with E-state index in [1.807, 2.05) is 6.92 Å². The van der Waals surface area contributed by atoms with E-state index in [4.69, 9.17) is 0 Å². The van der Waals surface area contributed by atoms with Crippen molar-refractivity contribution in [3.05, 3.63) is 0 Å². The third kappa shape index (κ3) is 0.429. The van der Waals surface area contributed by atoms with Crippen molar-refractivity contribution in [2.45, 2.75) is 6.92 Å². The molecule has 0 fully saturated rings. The van der Waals surface area contributed by atoms with Gasteiger partial charge in [0.2, 0.25) is 0 Å². The maximum absolute atomic E-state index is 3.82. The van der Waals surface area contributed by atoms with Gasteiger partial charge in [-0.3, -0.25) is 0 Å². The van der Waals surface area contributed by atoms with Gasteiger partial charge in [0.15, 0.2) is 6.67 Å². The molecule has 32 valence electrons. The molecule has 0 aromatic heterocycles. The van der Waals surface area contributed by atoms with Crippen LogP contribution in [0.2, 0.25) is 0 Å². The van der Waals surface area contributed by atoms with Gasteiger partial charge in [-0.1, -0.05) is 0 Å². The van der Waals surface area contributed by atoms with Crippen molar-refractivity contribution in [2.75, 3.05) is 6.67 Å². The molecule has 0 amide bonds. The summed E-state index contributed by atoms with van der Waals surface area (Å²) in [7, 11) is 0. The fourth-order valence-electron chi connectivity index (χ4n) is 0.300. The number of hydrogen-bond donors (Lipinski definition) is 0. The van der Waals surface area contributed by atoms with Crippen LogP contribution in [-0.4, -0.2) is 12.5 Å². The summed E-state index contributed by atoms with van der Waals surface area (Å²) in [6, 6.07) is 0. The smallest absolute Gasteiger partial charge is 0.152 e. The zero-order valence-electron chi connectivity index (χ0n) is 3.55. The second-order valence-corrected chi connectivity index (χ2v) is 1.09. The predicted molar refractivity (Wildman–Crippen MR) is 22.8 cm³/mol. The Labute approximate surface area is 35.8 Å². The highest BCUT2D eigenvalue weighted by Crippen LogP contribution is 1.90. The lowest BCUT2D eigenvalue weighted by atomic mass is 10.7.